The second-order valence-corrected chi connectivity index (χ2v) is 8.00. The standard InChI is InChI=1S/C23H21ClF3N3O5/c1-3-33-16-7-5-6-13(20(16)34-4-2)19-14-10-12(24)8-9-15(14)30-21(17(35-19)11-18(31)32)28-29-22(30)23(25,26)27/h5-10,17,19H,3-4,11H2,1-2H3,(H,31,32)/t17-,19-/m1/s1. The molecule has 4 rings (SSSR count). The molecule has 1 N–H and O–H groups in total. The number of aliphatic carboxylic acids is 1. The molecule has 0 saturated heterocycles. The Balaban J connectivity index is 2.02. The van der Waals surface area contributed by atoms with Crippen LogP contribution >= 0.6 is 11.6 Å². The van der Waals surface area contributed by atoms with Gasteiger partial charge >= 0.3 is 12.1 Å². The number of hydrogen-bond donors (Lipinski definition) is 1. The molecule has 0 amide bonds. The van der Waals surface area contributed by atoms with Crippen molar-refractivity contribution >= 4 is 17.6 Å². The summed E-state index contributed by atoms with van der Waals surface area (Å²) in [4.78, 5) is 11.6. The molecule has 0 bridgehead atoms. The topological polar surface area (TPSA) is 95.7 Å². The van der Waals surface area contributed by atoms with E-state index in [9.17, 15) is 23.1 Å². The van der Waals surface area contributed by atoms with Crippen molar-refractivity contribution in [3.63, 3.8) is 0 Å². The van der Waals surface area contributed by atoms with Crippen molar-refractivity contribution in [2.45, 2.75) is 38.7 Å². The van der Waals surface area contributed by atoms with Gasteiger partial charge in [-0.15, -0.1) is 10.2 Å². The number of nitrogens with zero attached hydrogens (tertiary/aromatic N) is 3. The van der Waals surface area contributed by atoms with E-state index in [1.54, 1.807) is 32.0 Å². The molecule has 12 heteroatoms. The SMILES string of the molecule is CCOc1cccc([C@H]2O[C@H](CC(=O)O)c3nnc(C(F)(F)F)n3-c3ccc(Cl)cc32)c1OCC. The van der Waals surface area contributed by atoms with Crippen LogP contribution in [0.5, 0.6) is 11.5 Å². The summed E-state index contributed by atoms with van der Waals surface area (Å²) in [5.41, 5.74) is 0.749. The molecule has 0 saturated carbocycles. The third-order valence-electron chi connectivity index (χ3n) is 5.28. The maximum atomic E-state index is 13.9. The number of fused-ring (bicyclic) bond motifs is 3. The monoisotopic (exact) mass is 511 g/mol. The number of benzene rings is 2. The average molecular weight is 512 g/mol. The van der Waals surface area contributed by atoms with Gasteiger partial charge in [-0.1, -0.05) is 23.7 Å². The van der Waals surface area contributed by atoms with Crippen molar-refractivity contribution in [2.75, 3.05) is 13.2 Å². The number of rotatable bonds is 7. The second-order valence-electron chi connectivity index (χ2n) is 7.56. The van der Waals surface area contributed by atoms with Gasteiger partial charge in [-0.05, 0) is 38.1 Å². The number of hydrogen-bond acceptors (Lipinski definition) is 6. The number of aromatic nitrogens is 3. The quantitative estimate of drug-likeness (QED) is 0.455. The van der Waals surface area contributed by atoms with Crippen LogP contribution in [0, 0.1) is 0 Å². The van der Waals surface area contributed by atoms with Gasteiger partial charge in [-0.3, -0.25) is 9.36 Å². The van der Waals surface area contributed by atoms with Crippen molar-refractivity contribution in [3.05, 3.63) is 64.2 Å². The second kappa shape index (κ2) is 9.74. The van der Waals surface area contributed by atoms with E-state index in [-0.39, 0.29) is 28.7 Å². The first-order valence-corrected chi connectivity index (χ1v) is 11.1. The first kappa shape index (κ1) is 24.8. The van der Waals surface area contributed by atoms with Crippen LogP contribution < -0.4 is 9.47 Å². The van der Waals surface area contributed by atoms with Crippen LogP contribution in [-0.2, 0) is 15.7 Å². The Morgan fingerprint density at radius 3 is 2.54 bits per heavy atom. The van der Waals surface area contributed by atoms with Gasteiger partial charge in [-0.25, -0.2) is 0 Å². The Morgan fingerprint density at radius 2 is 1.89 bits per heavy atom. The summed E-state index contributed by atoms with van der Waals surface area (Å²) < 4.78 is 60.2. The van der Waals surface area contributed by atoms with Gasteiger partial charge in [0.05, 0.1) is 25.3 Å². The van der Waals surface area contributed by atoms with Gasteiger partial charge in [0.2, 0.25) is 5.82 Å². The Kier molecular flexibility index (Phi) is 6.91. The van der Waals surface area contributed by atoms with Crippen LogP contribution in [0.25, 0.3) is 5.69 Å². The lowest BCUT2D eigenvalue weighted by atomic mass is 9.98. The Labute approximate surface area is 203 Å². The number of ether oxygens (including phenoxy) is 3. The number of halogens is 4. The van der Waals surface area contributed by atoms with E-state index in [2.05, 4.69) is 10.2 Å². The highest BCUT2D eigenvalue weighted by molar-refractivity contribution is 6.30. The van der Waals surface area contributed by atoms with E-state index in [4.69, 9.17) is 25.8 Å². The molecule has 2 atom stereocenters. The minimum Gasteiger partial charge on any atom is -0.490 e. The molecule has 8 nitrogen and oxygen atoms in total. The minimum absolute atomic E-state index is 0.0591. The molecule has 2 heterocycles. The molecule has 1 aliphatic heterocycles. The smallest absolute Gasteiger partial charge is 0.452 e. The van der Waals surface area contributed by atoms with Crippen LogP contribution in [0.2, 0.25) is 5.02 Å². The normalized spacial score (nSPS) is 17.3. The molecule has 0 spiro atoms. The maximum Gasteiger partial charge on any atom is 0.452 e. The number of carboxylic acids is 1. The van der Waals surface area contributed by atoms with E-state index < -0.39 is 36.6 Å². The van der Waals surface area contributed by atoms with E-state index >= 15 is 0 Å². The molecule has 0 radical (unpaired) electrons. The highest BCUT2D eigenvalue weighted by atomic mass is 35.5. The Bertz CT molecular complexity index is 1250. The van der Waals surface area contributed by atoms with E-state index in [1.165, 1.54) is 18.2 Å². The summed E-state index contributed by atoms with van der Waals surface area (Å²) in [5.74, 6) is -2.13. The fourth-order valence-electron chi connectivity index (χ4n) is 4.01. The predicted octanol–water partition coefficient (Wildman–Crippen LogP) is 5.37. The van der Waals surface area contributed by atoms with Crippen LogP contribution in [0.15, 0.2) is 36.4 Å². The zero-order valence-corrected chi connectivity index (χ0v) is 19.4. The zero-order valence-electron chi connectivity index (χ0n) is 18.7. The molecular formula is C23H21ClF3N3O5. The minimum atomic E-state index is -4.86. The van der Waals surface area contributed by atoms with E-state index in [1.807, 2.05) is 0 Å². The van der Waals surface area contributed by atoms with Crippen molar-refractivity contribution in [1.29, 1.82) is 0 Å². The molecule has 0 fully saturated rings. The van der Waals surface area contributed by atoms with Crippen molar-refractivity contribution in [1.82, 2.24) is 14.8 Å². The molecule has 1 aliphatic rings. The van der Waals surface area contributed by atoms with Gasteiger partial charge in [0, 0.05) is 16.1 Å². The average Bonchev–Trinajstić information content (AvgIpc) is 3.19. The summed E-state index contributed by atoms with van der Waals surface area (Å²) in [6, 6.07) is 9.36. The van der Waals surface area contributed by atoms with E-state index in [0.29, 0.717) is 23.7 Å². The number of carboxylic acid groups (broad SMARTS) is 1. The summed E-state index contributed by atoms with van der Waals surface area (Å²) in [5, 5.41) is 16.7. The van der Waals surface area contributed by atoms with Gasteiger partial charge in [0.15, 0.2) is 17.3 Å². The fraction of sp³-hybridized carbons (Fsp3) is 0.348. The number of carbonyl (C=O) groups is 1. The van der Waals surface area contributed by atoms with Gasteiger partial charge in [-0.2, -0.15) is 13.2 Å². The van der Waals surface area contributed by atoms with E-state index in [0.717, 1.165) is 4.57 Å². The van der Waals surface area contributed by atoms with Crippen LogP contribution in [0.4, 0.5) is 13.2 Å². The molecule has 2 aromatic carbocycles. The molecule has 0 unspecified atom stereocenters. The van der Waals surface area contributed by atoms with Crippen molar-refractivity contribution in [2.24, 2.45) is 0 Å². The lowest BCUT2D eigenvalue weighted by Crippen LogP contribution is -2.17. The third kappa shape index (κ3) is 4.78. The van der Waals surface area contributed by atoms with Crippen molar-refractivity contribution in [3.8, 4) is 17.2 Å². The largest absolute Gasteiger partial charge is 0.490 e. The first-order chi connectivity index (χ1) is 16.7. The first-order valence-electron chi connectivity index (χ1n) is 10.7. The van der Waals surface area contributed by atoms with Crippen LogP contribution in [0.1, 0.15) is 55.3 Å². The molecule has 0 aliphatic carbocycles. The van der Waals surface area contributed by atoms with Crippen LogP contribution in [-0.4, -0.2) is 39.1 Å². The van der Waals surface area contributed by atoms with Crippen molar-refractivity contribution < 1.29 is 37.3 Å². The number of alkyl halides is 3. The Morgan fingerprint density at radius 1 is 1.14 bits per heavy atom. The molecule has 35 heavy (non-hydrogen) atoms. The van der Waals surface area contributed by atoms with Gasteiger partial charge in [0.1, 0.15) is 12.2 Å². The third-order valence-corrected chi connectivity index (χ3v) is 5.52. The van der Waals surface area contributed by atoms with Gasteiger partial charge < -0.3 is 19.3 Å². The maximum absolute atomic E-state index is 13.9. The Hall–Kier alpha value is -3.31. The highest BCUT2D eigenvalue weighted by Crippen LogP contribution is 2.47. The fourth-order valence-corrected chi connectivity index (χ4v) is 4.19. The summed E-state index contributed by atoms with van der Waals surface area (Å²) >= 11 is 6.25. The lowest BCUT2D eigenvalue weighted by molar-refractivity contribution is -0.146. The molecule has 1 aromatic heterocycles. The van der Waals surface area contributed by atoms with Crippen LogP contribution in [0.3, 0.4) is 0 Å². The summed E-state index contributed by atoms with van der Waals surface area (Å²) in [7, 11) is 0. The lowest BCUT2D eigenvalue weighted by Gasteiger charge is -2.25. The predicted molar refractivity (Wildman–Crippen MR) is 118 cm³/mol. The molecular weight excluding hydrogens is 491 g/mol. The molecule has 186 valence electrons. The summed E-state index contributed by atoms with van der Waals surface area (Å²) in [6.45, 7) is 4.19. The number of para-hydroxylation sites is 1. The summed E-state index contributed by atoms with van der Waals surface area (Å²) in [6.07, 6.45) is -7.93. The highest BCUT2D eigenvalue weighted by Gasteiger charge is 2.43. The molecule has 3 aromatic rings. The van der Waals surface area contributed by atoms with Gasteiger partial charge in [0.25, 0.3) is 0 Å². The zero-order chi connectivity index (χ0) is 25.3.